The maximum absolute atomic E-state index is 13.6. The predicted molar refractivity (Wildman–Crippen MR) is 119 cm³/mol. The summed E-state index contributed by atoms with van der Waals surface area (Å²) in [5, 5.41) is 2.60. The maximum atomic E-state index is 13.6. The summed E-state index contributed by atoms with van der Waals surface area (Å²) in [7, 11) is -1.81. The van der Waals surface area contributed by atoms with Gasteiger partial charge in [0.05, 0.1) is 6.54 Å². The van der Waals surface area contributed by atoms with Crippen LogP contribution in [-0.2, 0) is 14.3 Å². The number of carbonyl (C=O) groups is 2. The summed E-state index contributed by atoms with van der Waals surface area (Å²) in [6, 6.07) is 21.1. The topological polar surface area (TPSA) is 46.6 Å². The normalized spacial score (nSPS) is 19.6. The number of carbonyl (C=O) groups excluding carboxylic acids is 2. The molecule has 0 aliphatic carbocycles. The molecule has 0 bridgehead atoms. The van der Waals surface area contributed by atoms with Gasteiger partial charge >= 0.3 is 5.97 Å². The fourth-order valence-corrected chi connectivity index (χ4v) is 8.59. The molecule has 5 heteroatoms. The molecule has 2 unspecified atom stereocenters. The van der Waals surface area contributed by atoms with Crippen LogP contribution < -0.4 is 10.4 Å². The first-order chi connectivity index (χ1) is 13.8. The molecule has 1 aliphatic rings. The van der Waals surface area contributed by atoms with Crippen LogP contribution in [0, 0.1) is 11.3 Å². The second-order valence-corrected chi connectivity index (χ2v) is 11.9. The molecule has 1 amide bonds. The van der Waals surface area contributed by atoms with E-state index in [0.717, 1.165) is 6.54 Å². The van der Waals surface area contributed by atoms with E-state index in [1.165, 1.54) is 17.3 Å². The quantitative estimate of drug-likeness (QED) is 0.544. The zero-order chi connectivity index (χ0) is 21.0. The molecule has 0 aromatic heterocycles. The molecule has 4 nitrogen and oxygen atoms in total. The van der Waals surface area contributed by atoms with Crippen molar-refractivity contribution in [1.29, 1.82) is 0 Å². The van der Waals surface area contributed by atoms with E-state index in [1.54, 1.807) is 0 Å². The van der Waals surface area contributed by atoms with E-state index >= 15 is 0 Å². The van der Waals surface area contributed by atoms with E-state index in [9.17, 15) is 9.59 Å². The van der Waals surface area contributed by atoms with Crippen molar-refractivity contribution in [3.8, 4) is 0 Å². The average Bonchev–Trinajstić information content (AvgIpc) is 3.01. The molecule has 29 heavy (non-hydrogen) atoms. The number of ether oxygens (including phenoxy) is 1. The first-order valence-electron chi connectivity index (χ1n) is 10.3. The minimum atomic E-state index is -1.81. The van der Waals surface area contributed by atoms with Crippen LogP contribution in [0.1, 0.15) is 27.7 Å². The molecule has 2 atom stereocenters. The minimum Gasteiger partial charge on any atom is -0.464 e. The monoisotopic (exact) mass is 409 g/mol. The molecule has 0 N–H and O–H groups in total. The summed E-state index contributed by atoms with van der Waals surface area (Å²) in [5.74, 6) is 0.159. The van der Waals surface area contributed by atoms with Gasteiger partial charge < -0.3 is 9.64 Å². The van der Waals surface area contributed by atoms with E-state index in [1.807, 2.05) is 17.0 Å². The van der Waals surface area contributed by atoms with Gasteiger partial charge in [0.15, 0.2) is 0 Å². The Morgan fingerprint density at radius 3 is 2.00 bits per heavy atom. The summed E-state index contributed by atoms with van der Waals surface area (Å²) in [6.07, 6.45) is 0. The Labute approximate surface area is 175 Å². The largest absolute Gasteiger partial charge is 0.464 e. The van der Waals surface area contributed by atoms with E-state index in [0.29, 0.717) is 6.54 Å². The Balaban J connectivity index is 1.99. The molecule has 1 aliphatic heterocycles. The molecule has 1 heterocycles. The third-order valence-electron chi connectivity index (χ3n) is 5.90. The lowest BCUT2D eigenvalue weighted by Crippen LogP contribution is -2.51. The van der Waals surface area contributed by atoms with Gasteiger partial charge in [0.1, 0.15) is 15.4 Å². The second-order valence-electron chi connectivity index (χ2n) is 8.92. The Kier molecular flexibility index (Phi) is 6.58. The van der Waals surface area contributed by atoms with Crippen molar-refractivity contribution in [1.82, 2.24) is 4.90 Å². The van der Waals surface area contributed by atoms with Crippen LogP contribution in [0.25, 0.3) is 0 Å². The van der Waals surface area contributed by atoms with Gasteiger partial charge in [0.2, 0.25) is 5.91 Å². The highest BCUT2D eigenvalue weighted by Crippen LogP contribution is 2.43. The second kappa shape index (κ2) is 8.95. The van der Waals surface area contributed by atoms with E-state index in [-0.39, 0.29) is 35.4 Å². The van der Waals surface area contributed by atoms with Gasteiger partial charge in [-0.15, -0.1) is 0 Å². The number of likely N-dealkylation sites (tertiary alicyclic amines) is 1. The first-order valence-corrected chi connectivity index (χ1v) is 12.1. The number of hydrogen-bond acceptors (Lipinski definition) is 3. The first kappa shape index (κ1) is 21.3. The number of nitrogens with zero attached hydrogens (tertiary/aromatic N) is 1. The number of amides is 1. The molecule has 0 radical (unpaired) electrons. The number of benzene rings is 2. The average molecular weight is 410 g/mol. The van der Waals surface area contributed by atoms with Crippen molar-refractivity contribution < 1.29 is 14.3 Å². The fraction of sp³-hybridized carbons (Fsp3) is 0.417. The molecular formula is C24H31NO3Si. The number of esters is 1. The molecule has 1 fully saturated rings. The van der Waals surface area contributed by atoms with Crippen LogP contribution >= 0.6 is 0 Å². The van der Waals surface area contributed by atoms with Crippen LogP contribution in [-0.4, -0.2) is 45.3 Å². The molecule has 0 spiro atoms. The Hall–Kier alpha value is -2.40. The Bertz CT molecular complexity index is 793. The lowest BCUT2D eigenvalue weighted by molar-refractivity contribution is -0.142. The lowest BCUT2D eigenvalue weighted by atomic mass is 9.80. The summed E-state index contributed by atoms with van der Waals surface area (Å²) < 4.78 is 5.12. The smallest absolute Gasteiger partial charge is 0.302 e. The summed E-state index contributed by atoms with van der Waals surface area (Å²) in [6.45, 7) is 9.54. The Morgan fingerprint density at radius 2 is 1.55 bits per heavy atom. The van der Waals surface area contributed by atoms with Crippen molar-refractivity contribution >= 4 is 31.0 Å². The zero-order valence-electron chi connectivity index (χ0n) is 17.8. The van der Waals surface area contributed by atoms with Gasteiger partial charge in [-0.2, -0.15) is 0 Å². The summed E-state index contributed by atoms with van der Waals surface area (Å²) in [4.78, 5) is 26.7. The van der Waals surface area contributed by atoms with E-state index in [2.05, 4.69) is 69.3 Å². The minimum absolute atomic E-state index is 0.00528. The van der Waals surface area contributed by atoms with Gasteiger partial charge in [-0.3, -0.25) is 9.59 Å². The van der Waals surface area contributed by atoms with Gasteiger partial charge in [0.25, 0.3) is 0 Å². The van der Waals surface area contributed by atoms with Gasteiger partial charge in [-0.25, -0.2) is 0 Å². The predicted octanol–water partition coefficient (Wildman–Crippen LogP) is 2.47. The van der Waals surface area contributed by atoms with Crippen molar-refractivity contribution in [2.75, 3.05) is 19.7 Å². The molecule has 1 saturated heterocycles. The zero-order valence-corrected chi connectivity index (χ0v) is 19.0. The maximum Gasteiger partial charge on any atom is 0.302 e. The molecule has 2 aromatic carbocycles. The van der Waals surface area contributed by atoms with Gasteiger partial charge in [-0.1, -0.05) is 91.8 Å². The SMILES string of the molecule is CC(=O)OCCN1CC(C(C)(C)C)C([SiH](c2ccccc2)c2ccccc2)C1=O. The van der Waals surface area contributed by atoms with Crippen LogP contribution in [0.4, 0.5) is 0 Å². The van der Waals surface area contributed by atoms with Crippen molar-refractivity contribution in [2.45, 2.75) is 33.2 Å². The van der Waals surface area contributed by atoms with Crippen LogP contribution in [0.2, 0.25) is 5.54 Å². The van der Waals surface area contributed by atoms with Crippen molar-refractivity contribution in [3.63, 3.8) is 0 Å². The molecule has 154 valence electrons. The van der Waals surface area contributed by atoms with Crippen LogP contribution in [0.15, 0.2) is 60.7 Å². The molecule has 3 rings (SSSR count). The summed E-state index contributed by atoms with van der Waals surface area (Å²) >= 11 is 0. The lowest BCUT2D eigenvalue weighted by Gasteiger charge is -2.34. The van der Waals surface area contributed by atoms with Gasteiger partial charge in [0, 0.05) is 19.0 Å². The highest BCUT2D eigenvalue weighted by molar-refractivity contribution is 6.88. The van der Waals surface area contributed by atoms with Crippen LogP contribution in [0.3, 0.4) is 0 Å². The highest BCUT2D eigenvalue weighted by atomic mass is 28.3. The molecular weight excluding hydrogens is 378 g/mol. The fourth-order valence-electron chi connectivity index (χ4n) is 4.44. The van der Waals surface area contributed by atoms with Crippen LogP contribution in [0.5, 0.6) is 0 Å². The third-order valence-corrected chi connectivity index (χ3v) is 9.58. The summed E-state index contributed by atoms with van der Waals surface area (Å²) in [5.41, 5.74) is -0.0113. The van der Waals surface area contributed by atoms with E-state index < -0.39 is 8.80 Å². The van der Waals surface area contributed by atoms with Crippen molar-refractivity contribution in [3.05, 3.63) is 60.7 Å². The Morgan fingerprint density at radius 1 is 1.03 bits per heavy atom. The van der Waals surface area contributed by atoms with E-state index in [4.69, 9.17) is 4.74 Å². The standard InChI is InChI=1S/C24H31NO3Si/c1-18(26)28-16-15-25-17-21(24(2,3)4)22(23(25)27)29(19-11-7-5-8-12-19)20-13-9-6-10-14-20/h5-14,21-22,29H,15-17H2,1-4H3. The highest BCUT2D eigenvalue weighted by Gasteiger charge is 2.50. The molecule has 2 aromatic rings. The molecule has 0 saturated carbocycles. The number of rotatable bonds is 6. The third kappa shape index (κ3) is 4.96. The number of hydrogen-bond donors (Lipinski definition) is 0. The van der Waals surface area contributed by atoms with Crippen molar-refractivity contribution in [2.24, 2.45) is 11.3 Å². The van der Waals surface area contributed by atoms with Gasteiger partial charge in [-0.05, 0) is 11.3 Å².